The third kappa shape index (κ3) is 2.76. The number of aromatic carboxylic acids is 1. The molecule has 1 aliphatic heterocycles. The lowest BCUT2D eigenvalue weighted by Crippen LogP contribution is -2.24. The number of rotatable bonds is 3. The Balaban J connectivity index is 2.11. The second kappa shape index (κ2) is 5.16. The predicted molar refractivity (Wildman–Crippen MR) is 72.5 cm³/mol. The number of carbonyl (C=O) groups is 1. The van der Waals surface area contributed by atoms with Crippen molar-refractivity contribution in [3.8, 4) is 0 Å². The summed E-state index contributed by atoms with van der Waals surface area (Å²) in [6.07, 6.45) is 1.06. The number of anilines is 1. The van der Waals surface area contributed by atoms with Crippen LogP contribution in [0.25, 0.3) is 0 Å². The highest BCUT2D eigenvalue weighted by molar-refractivity contribution is 6.33. The van der Waals surface area contributed by atoms with E-state index in [2.05, 4.69) is 24.2 Å². The van der Waals surface area contributed by atoms with Gasteiger partial charge in [0.15, 0.2) is 0 Å². The molecule has 0 bridgehead atoms. The van der Waals surface area contributed by atoms with Gasteiger partial charge in [0.25, 0.3) is 0 Å². The Bertz CT molecular complexity index is 454. The Morgan fingerprint density at radius 2 is 2.28 bits per heavy atom. The van der Waals surface area contributed by atoms with Gasteiger partial charge in [0.2, 0.25) is 0 Å². The Morgan fingerprint density at radius 3 is 2.83 bits per heavy atom. The number of nitrogens with zero attached hydrogens (tertiary/aromatic N) is 1. The topological polar surface area (TPSA) is 52.6 Å². The lowest BCUT2D eigenvalue weighted by molar-refractivity contribution is 0.0697. The van der Waals surface area contributed by atoms with E-state index in [1.807, 2.05) is 6.07 Å². The summed E-state index contributed by atoms with van der Waals surface area (Å²) in [6.45, 7) is 3.15. The van der Waals surface area contributed by atoms with Gasteiger partial charge in [0, 0.05) is 24.3 Å². The van der Waals surface area contributed by atoms with E-state index >= 15 is 0 Å². The molecule has 4 nitrogen and oxygen atoms in total. The Hall–Kier alpha value is -1.26. The van der Waals surface area contributed by atoms with Crippen LogP contribution in [0, 0.1) is 0 Å². The fourth-order valence-corrected chi connectivity index (χ4v) is 2.51. The van der Waals surface area contributed by atoms with Gasteiger partial charge in [0.1, 0.15) is 0 Å². The second-order valence-electron chi connectivity index (χ2n) is 4.87. The Morgan fingerprint density at radius 1 is 1.56 bits per heavy atom. The maximum Gasteiger partial charge on any atom is 0.337 e. The number of hydrogen-bond donors (Lipinski definition) is 2. The number of nitrogens with one attached hydrogen (secondary N) is 1. The maximum atomic E-state index is 11.0. The summed E-state index contributed by atoms with van der Waals surface area (Å²) in [6, 6.07) is 5.93. The molecule has 1 saturated heterocycles. The standard InChI is InChI=1S/C13H17ClN2O2/c1-8-5-10(7-16(8)2)15-9-3-4-12(14)11(6-9)13(17)18/h3-4,6,8,10,15H,5,7H2,1-2H3,(H,17,18). The molecule has 0 spiro atoms. The first kappa shape index (κ1) is 13.2. The summed E-state index contributed by atoms with van der Waals surface area (Å²) in [5, 5.41) is 12.6. The smallest absolute Gasteiger partial charge is 0.337 e. The molecule has 0 aromatic heterocycles. The molecule has 1 aromatic rings. The van der Waals surface area contributed by atoms with E-state index in [0.717, 1.165) is 18.7 Å². The van der Waals surface area contributed by atoms with Crippen LogP contribution in [0.4, 0.5) is 5.69 Å². The normalized spacial score (nSPS) is 24.2. The quantitative estimate of drug-likeness (QED) is 0.885. The van der Waals surface area contributed by atoms with Crippen molar-refractivity contribution in [1.82, 2.24) is 4.90 Å². The zero-order valence-electron chi connectivity index (χ0n) is 10.5. The molecule has 1 aliphatic rings. The maximum absolute atomic E-state index is 11.0. The lowest BCUT2D eigenvalue weighted by atomic mass is 10.1. The van der Waals surface area contributed by atoms with Gasteiger partial charge in [-0.3, -0.25) is 0 Å². The highest BCUT2D eigenvalue weighted by Gasteiger charge is 2.26. The van der Waals surface area contributed by atoms with Crippen LogP contribution in [0.3, 0.4) is 0 Å². The van der Waals surface area contributed by atoms with Crippen molar-refractivity contribution in [3.63, 3.8) is 0 Å². The molecule has 2 rings (SSSR count). The number of halogens is 1. The zero-order chi connectivity index (χ0) is 13.3. The second-order valence-corrected chi connectivity index (χ2v) is 5.27. The van der Waals surface area contributed by atoms with Crippen molar-refractivity contribution in [2.75, 3.05) is 18.9 Å². The average molecular weight is 269 g/mol. The van der Waals surface area contributed by atoms with Crippen molar-refractivity contribution in [2.45, 2.75) is 25.4 Å². The van der Waals surface area contributed by atoms with Crippen LogP contribution in [-0.4, -0.2) is 41.7 Å². The number of carboxylic acids is 1. The molecule has 2 unspecified atom stereocenters. The van der Waals surface area contributed by atoms with Crippen LogP contribution < -0.4 is 5.32 Å². The monoisotopic (exact) mass is 268 g/mol. The summed E-state index contributed by atoms with van der Waals surface area (Å²) in [5.74, 6) is -0.999. The molecule has 0 aliphatic carbocycles. The third-order valence-corrected chi connectivity index (χ3v) is 3.78. The molecule has 0 radical (unpaired) electrons. The van der Waals surface area contributed by atoms with E-state index in [4.69, 9.17) is 16.7 Å². The highest BCUT2D eigenvalue weighted by atomic mass is 35.5. The summed E-state index contributed by atoms with van der Waals surface area (Å²) < 4.78 is 0. The van der Waals surface area contributed by atoms with Gasteiger partial charge in [-0.15, -0.1) is 0 Å². The van der Waals surface area contributed by atoms with Crippen molar-refractivity contribution < 1.29 is 9.90 Å². The SMILES string of the molecule is CC1CC(Nc2ccc(Cl)c(C(=O)O)c2)CN1C. The van der Waals surface area contributed by atoms with Gasteiger partial charge in [-0.05, 0) is 38.6 Å². The highest BCUT2D eigenvalue weighted by Crippen LogP contribution is 2.24. The van der Waals surface area contributed by atoms with Crippen molar-refractivity contribution >= 4 is 23.3 Å². The number of carboxylic acid groups (broad SMARTS) is 1. The first-order chi connectivity index (χ1) is 8.47. The Labute approximate surface area is 112 Å². The molecule has 5 heteroatoms. The van der Waals surface area contributed by atoms with Crippen molar-refractivity contribution in [1.29, 1.82) is 0 Å². The number of hydrogen-bond acceptors (Lipinski definition) is 3. The minimum Gasteiger partial charge on any atom is -0.478 e. The Kier molecular flexibility index (Phi) is 3.78. The van der Waals surface area contributed by atoms with Crippen LogP contribution in [0.1, 0.15) is 23.7 Å². The van der Waals surface area contributed by atoms with Gasteiger partial charge in [-0.25, -0.2) is 4.79 Å². The van der Waals surface area contributed by atoms with E-state index in [1.165, 1.54) is 0 Å². The first-order valence-corrected chi connectivity index (χ1v) is 6.35. The summed E-state index contributed by atoms with van der Waals surface area (Å²) in [5.41, 5.74) is 0.949. The van der Waals surface area contributed by atoms with Gasteiger partial charge in [0.05, 0.1) is 10.6 Å². The largest absolute Gasteiger partial charge is 0.478 e. The van der Waals surface area contributed by atoms with Gasteiger partial charge in [-0.1, -0.05) is 11.6 Å². The fourth-order valence-electron chi connectivity index (χ4n) is 2.31. The van der Waals surface area contributed by atoms with E-state index in [1.54, 1.807) is 12.1 Å². The molecule has 1 fully saturated rings. The van der Waals surface area contributed by atoms with Crippen LogP contribution in [0.15, 0.2) is 18.2 Å². The molecule has 2 atom stereocenters. The molecule has 0 saturated carbocycles. The number of likely N-dealkylation sites (N-methyl/N-ethyl adjacent to an activating group) is 1. The van der Waals surface area contributed by atoms with Crippen molar-refractivity contribution in [2.24, 2.45) is 0 Å². The molecule has 2 N–H and O–H groups in total. The molecule has 0 amide bonds. The summed E-state index contributed by atoms with van der Waals surface area (Å²) in [4.78, 5) is 13.3. The minimum atomic E-state index is -0.999. The zero-order valence-corrected chi connectivity index (χ0v) is 11.2. The first-order valence-electron chi connectivity index (χ1n) is 5.97. The number of likely N-dealkylation sites (tertiary alicyclic amines) is 1. The van der Waals surface area contributed by atoms with E-state index in [0.29, 0.717) is 12.1 Å². The minimum absolute atomic E-state index is 0.140. The van der Waals surface area contributed by atoms with Gasteiger partial charge in [-0.2, -0.15) is 0 Å². The molecule has 98 valence electrons. The molecule has 1 heterocycles. The van der Waals surface area contributed by atoms with Crippen LogP contribution in [-0.2, 0) is 0 Å². The van der Waals surface area contributed by atoms with E-state index in [-0.39, 0.29) is 10.6 Å². The van der Waals surface area contributed by atoms with Gasteiger partial charge < -0.3 is 15.3 Å². The third-order valence-electron chi connectivity index (χ3n) is 3.45. The van der Waals surface area contributed by atoms with Crippen LogP contribution in [0.2, 0.25) is 5.02 Å². The number of benzene rings is 1. The average Bonchev–Trinajstić information content (AvgIpc) is 2.60. The summed E-state index contributed by atoms with van der Waals surface area (Å²) in [7, 11) is 2.09. The summed E-state index contributed by atoms with van der Waals surface area (Å²) >= 11 is 5.84. The molecular weight excluding hydrogens is 252 g/mol. The predicted octanol–water partition coefficient (Wildman–Crippen LogP) is 2.54. The molecule has 18 heavy (non-hydrogen) atoms. The molecular formula is C13H17ClN2O2. The van der Waals surface area contributed by atoms with E-state index in [9.17, 15) is 4.79 Å². The van der Waals surface area contributed by atoms with Crippen LogP contribution in [0.5, 0.6) is 0 Å². The molecule has 1 aromatic carbocycles. The van der Waals surface area contributed by atoms with Gasteiger partial charge >= 0.3 is 5.97 Å². The van der Waals surface area contributed by atoms with Crippen LogP contribution >= 0.6 is 11.6 Å². The fraction of sp³-hybridized carbons (Fsp3) is 0.462. The van der Waals surface area contributed by atoms with Crippen molar-refractivity contribution in [3.05, 3.63) is 28.8 Å². The lowest BCUT2D eigenvalue weighted by Gasteiger charge is -2.15. The van der Waals surface area contributed by atoms with E-state index < -0.39 is 5.97 Å².